The molecule has 0 bridgehead atoms. The lowest BCUT2D eigenvalue weighted by Crippen LogP contribution is -2.35. The molecular formula is C14H16Cl2N2O2. The summed E-state index contributed by atoms with van der Waals surface area (Å²) in [6.45, 7) is 0.844. The Morgan fingerprint density at radius 1 is 1.10 bits per heavy atom. The highest BCUT2D eigenvalue weighted by molar-refractivity contribution is 6.36. The lowest BCUT2D eigenvalue weighted by Gasteiger charge is -2.09. The summed E-state index contributed by atoms with van der Waals surface area (Å²) in [4.78, 5) is 23.1. The first-order valence-corrected chi connectivity index (χ1v) is 7.31. The average molecular weight is 315 g/mol. The third-order valence-electron chi connectivity index (χ3n) is 3.09. The van der Waals surface area contributed by atoms with Crippen molar-refractivity contribution in [2.45, 2.75) is 19.3 Å². The minimum atomic E-state index is -0.166. The number of carbonyl (C=O) groups is 2. The van der Waals surface area contributed by atoms with Crippen LogP contribution in [0.1, 0.15) is 18.4 Å². The zero-order valence-electron chi connectivity index (χ0n) is 10.9. The van der Waals surface area contributed by atoms with Crippen LogP contribution in [0.25, 0.3) is 0 Å². The summed E-state index contributed by atoms with van der Waals surface area (Å²) in [6.07, 6.45) is 2.08. The van der Waals surface area contributed by atoms with Crippen molar-refractivity contribution < 1.29 is 9.59 Å². The molecule has 0 heterocycles. The molecule has 6 heteroatoms. The van der Waals surface area contributed by atoms with E-state index in [-0.39, 0.29) is 24.2 Å². The molecule has 108 valence electrons. The number of halogens is 2. The van der Waals surface area contributed by atoms with E-state index in [0.29, 0.717) is 28.7 Å². The van der Waals surface area contributed by atoms with Crippen LogP contribution in [0.4, 0.5) is 0 Å². The Morgan fingerprint density at radius 2 is 1.70 bits per heavy atom. The van der Waals surface area contributed by atoms with Crippen LogP contribution in [-0.4, -0.2) is 24.9 Å². The van der Waals surface area contributed by atoms with Crippen molar-refractivity contribution in [3.05, 3.63) is 33.8 Å². The van der Waals surface area contributed by atoms with E-state index in [1.807, 2.05) is 0 Å². The lowest BCUT2D eigenvalue weighted by atomic mass is 10.1. The Hall–Kier alpha value is -1.26. The number of hydrogen-bond acceptors (Lipinski definition) is 2. The standard InChI is InChI=1S/C14H16Cl2N2O2/c15-11-2-1-3-12(16)10(11)8-13(19)17-6-7-18-14(20)9-4-5-9/h1-3,9H,4-8H2,(H,17,19)(H,18,20). The van der Waals surface area contributed by atoms with Gasteiger partial charge in [0.25, 0.3) is 0 Å². The molecule has 1 saturated carbocycles. The second kappa shape index (κ2) is 6.95. The van der Waals surface area contributed by atoms with E-state index in [4.69, 9.17) is 23.2 Å². The van der Waals surface area contributed by atoms with Gasteiger partial charge in [-0.1, -0.05) is 29.3 Å². The van der Waals surface area contributed by atoms with Gasteiger partial charge in [0.1, 0.15) is 0 Å². The molecule has 0 aliphatic heterocycles. The van der Waals surface area contributed by atoms with E-state index >= 15 is 0 Å². The smallest absolute Gasteiger partial charge is 0.224 e. The SMILES string of the molecule is O=C(Cc1c(Cl)cccc1Cl)NCCNC(=O)C1CC1. The Labute approximate surface area is 127 Å². The predicted octanol–water partition coefficient (Wildman–Crippen LogP) is 2.18. The Bertz CT molecular complexity index is 496. The average Bonchev–Trinajstić information content (AvgIpc) is 3.23. The van der Waals surface area contributed by atoms with Crippen molar-refractivity contribution in [2.24, 2.45) is 5.92 Å². The Balaban J connectivity index is 1.71. The molecule has 1 aliphatic carbocycles. The van der Waals surface area contributed by atoms with Crippen molar-refractivity contribution in [1.82, 2.24) is 10.6 Å². The van der Waals surface area contributed by atoms with Gasteiger partial charge in [0.05, 0.1) is 6.42 Å². The fourth-order valence-corrected chi connectivity index (χ4v) is 2.33. The molecule has 0 spiro atoms. The molecule has 0 aromatic heterocycles. The zero-order valence-corrected chi connectivity index (χ0v) is 12.4. The van der Waals surface area contributed by atoms with Gasteiger partial charge in [-0.05, 0) is 30.5 Å². The highest BCUT2D eigenvalue weighted by Gasteiger charge is 2.28. The first kappa shape index (κ1) is 15.1. The largest absolute Gasteiger partial charge is 0.354 e. The molecule has 1 fully saturated rings. The molecule has 0 atom stereocenters. The first-order chi connectivity index (χ1) is 9.58. The van der Waals surface area contributed by atoms with Crippen LogP contribution in [0.5, 0.6) is 0 Å². The predicted molar refractivity (Wildman–Crippen MR) is 78.9 cm³/mol. The number of amides is 2. The maximum atomic E-state index is 11.8. The normalized spacial score (nSPS) is 13.9. The van der Waals surface area contributed by atoms with Crippen molar-refractivity contribution >= 4 is 35.0 Å². The molecule has 0 unspecified atom stereocenters. The van der Waals surface area contributed by atoms with E-state index in [1.54, 1.807) is 18.2 Å². The second-order valence-corrected chi connectivity index (χ2v) is 5.61. The van der Waals surface area contributed by atoms with E-state index in [1.165, 1.54) is 0 Å². The molecule has 2 N–H and O–H groups in total. The molecule has 2 amide bonds. The summed E-state index contributed by atoms with van der Waals surface area (Å²) in [7, 11) is 0. The third-order valence-corrected chi connectivity index (χ3v) is 3.80. The number of nitrogens with one attached hydrogen (secondary N) is 2. The molecule has 1 aromatic rings. The molecule has 0 saturated heterocycles. The molecule has 0 radical (unpaired) electrons. The van der Waals surface area contributed by atoms with Crippen molar-refractivity contribution in [3.8, 4) is 0 Å². The summed E-state index contributed by atoms with van der Waals surface area (Å²) >= 11 is 12.0. The van der Waals surface area contributed by atoms with Gasteiger partial charge in [-0.25, -0.2) is 0 Å². The number of benzene rings is 1. The van der Waals surface area contributed by atoms with Crippen LogP contribution in [0.2, 0.25) is 10.0 Å². The summed E-state index contributed by atoms with van der Waals surface area (Å²) in [6, 6.07) is 5.14. The van der Waals surface area contributed by atoms with E-state index in [0.717, 1.165) is 12.8 Å². The van der Waals surface area contributed by atoms with Gasteiger partial charge in [0.2, 0.25) is 11.8 Å². The van der Waals surface area contributed by atoms with Crippen LogP contribution < -0.4 is 10.6 Å². The van der Waals surface area contributed by atoms with Gasteiger partial charge in [-0.15, -0.1) is 0 Å². The third kappa shape index (κ3) is 4.39. The highest BCUT2D eigenvalue weighted by Crippen LogP contribution is 2.28. The van der Waals surface area contributed by atoms with Crippen molar-refractivity contribution in [1.29, 1.82) is 0 Å². The Morgan fingerprint density at radius 3 is 2.30 bits per heavy atom. The zero-order chi connectivity index (χ0) is 14.5. The summed E-state index contributed by atoms with van der Waals surface area (Å²) in [5.74, 6) is 0.0988. The van der Waals surface area contributed by atoms with E-state index in [9.17, 15) is 9.59 Å². The highest BCUT2D eigenvalue weighted by atomic mass is 35.5. The molecule has 2 rings (SSSR count). The van der Waals surface area contributed by atoms with Gasteiger partial charge in [0.15, 0.2) is 0 Å². The maximum Gasteiger partial charge on any atom is 0.224 e. The van der Waals surface area contributed by atoms with Crippen LogP contribution in [0.3, 0.4) is 0 Å². The van der Waals surface area contributed by atoms with E-state index in [2.05, 4.69) is 10.6 Å². The minimum absolute atomic E-state index is 0.0772. The van der Waals surface area contributed by atoms with Gasteiger partial charge >= 0.3 is 0 Å². The van der Waals surface area contributed by atoms with Gasteiger partial charge in [-0.3, -0.25) is 9.59 Å². The van der Waals surface area contributed by atoms with E-state index < -0.39 is 0 Å². The molecule has 20 heavy (non-hydrogen) atoms. The summed E-state index contributed by atoms with van der Waals surface area (Å²) in [5, 5.41) is 6.47. The monoisotopic (exact) mass is 314 g/mol. The Kier molecular flexibility index (Phi) is 5.26. The fraction of sp³-hybridized carbons (Fsp3) is 0.429. The van der Waals surface area contributed by atoms with Crippen molar-refractivity contribution in [3.63, 3.8) is 0 Å². The first-order valence-electron chi connectivity index (χ1n) is 6.55. The number of rotatable bonds is 6. The van der Waals surface area contributed by atoms with Crippen LogP contribution in [0, 0.1) is 5.92 Å². The van der Waals surface area contributed by atoms with Crippen LogP contribution >= 0.6 is 23.2 Å². The minimum Gasteiger partial charge on any atom is -0.354 e. The summed E-state index contributed by atoms with van der Waals surface area (Å²) < 4.78 is 0. The quantitative estimate of drug-likeness (QED) is 0.791. The van der Waals surface area contributed by atoms with Crippen LogP contribution in [0.15, 0.2) is 18.2 Å². The topological polar surface area (TPSA) is 58.2 Å². The van der Waals surface area contributed by atoms with Gasteiger partial charge in [-0.2, -0.15) is 0 Å². The second-order valence-electron chi connectivity index (χ2n) is 4.79. The maximum absolute atomic E-state index is 11.8. The lowest BCUT2D eigenvalue weighted by molar-refractivity contribution is -0.123. The van der Waals surface area contributed by atoms with Gasteiger partial charge in [0, 0.05) is 29.1 Å². The summed E-state index contributed by atoms with van der Waals surface area (Å²) in [5.41, 5.74) is 0.621. The molecule has 4 nitrogen and oxygen atoms in total. The number of carbonyl (C=O) groups excluding carboxylic acids is 2. The fourth-order valence-electron chi connectivity index (χ4n) is 1.80. The molecule has 1 aromatic carbocycles. The molecular weight excluding hydrogens is 299 g/mol. The molecule has 1 aliphatic rings. The van der Waals surface area contributed by atoms with Crippen molar-refractivity contribution in [2.75, 3.05) is 13.1 Å². The van der Waals surface area contributed by atoms with Gasteiger partial charge < -0.3 is 10.6 Å². The van der Waals surface area contributed by atoms with Crippen LogP contribution in [-0.2, 0) is 16.0 Å². The number of hydrogen-bond donors (Lipinski definition) is 2.